The third-order valence-corrected chi connectivity index (χ3v) is 6.61. The molecule has 2 aliphatic rings. The van der Waals surface area contributed by atoms with E-state index >= 15 is 0 Å². The zero-order chi connectivity index (χ0) is 21.4. The molecule has 3 aromatic rings. The summed E-state index contributed by atoms with van der Waals surface area (Å²) < 4.78 is 1.59. The van der Waals surface area contributed by atoms with Gasteiger partial charge in [0.1, 0.15) is 0 Å². The first-order valence-corrected chi connectivity index (χ1v) is 10.7. The van der Waals surface area contributed by atoms with Gasteiger partial charge in [0.15, 0.2) is 5.82 Å². The Kier molecular flexibility index (Phi) is 4.94. The third kappa shape index (κ3) is 3.79. The van der Waals surface area contributed by atoms with Crippen LogP contribution in [0.3, 0.4) is 0 Å². The fraction of sp³-hybridized carbons (Fsp3) is 0.391. The van der Waals surface area contributed by atoms with E-state index in [0.29, 0.717) is 11.4 Å². The lowest BCUT2D eigenvalue weighted by Gasteiger charge is -2.25. The lowest BCUT2D eigenvalue weighted by atomic mass is 9.86. The molecule has 2 aliphatic heterocycles. The number of carbonyl (C=O) groups is 1. The molecule has 8 nitrogen and oxygen atoms in total. The van der Waals surface area contributed by atoms with E-state index < -0.39 is 0 Å². The largest absolute Gasteiger partial charge is 0.338 e. The van der Waals surface area contributed by atoms with E-state index in [-0.39, 0.29) is 16.9 Å². The Balaban J connectivity index is 1.27. The second kappa shape index (κ2) is 7.77. The van der Waals surface area contributed by atoms with E-state index in [9.17, 15) is 9.59 Å². The number of aromatic nitrogens is 4. The molecule has 0 saturated carbocycles. The fourth-order valence-electron chi connectivity index (χ4n) is 4.92. The van der Waals surface area contributed by atoms with Crippen molar-refractivity contribution in [2.45, 2.75) is 26.3 Å². The van der Waals surface area contributed by atoms with Gasteiger partial charge in [-0.25, -0.2) is 9.78 Å². The molecule has 2 fully saturated rings. The molecule has 2 saturated heterocycles. The van der Waals surface area contributed by atoms with Crippen LogP contribution in [-0.2, 0) is 6.54 Å². The summed E-state index contributed by atoms with van der Waals surface area (Å²) in [6.45, 7) is 6.50. The van der Waals surface area contributed by atoms with Crippen LogP contribution >= 0.6 is 0 Å². The Morgan fingerprint density at radius 3 is 2.68 bits per heavy atom. The Morgan fingerprint density at radius 2 is 1.90 bits per heavy atom. The van der Waals surface area contributed by atoms with Crippen molar-refractivity contribution in [3.8, 4) is 5.82 Å². The predicted octanol–water partition coefficient (Wildman–Crippen LogP) is 2.00. The second-order valence-corrected chi connectivity index (χ2v) is 8.76. The lowest BCUT2D eigenvalue weighted by Crippen LogP contribution is -2.34. The number of carbonyl (C=O) groups excluding carboxylic acids is 1. The van der Waals surface area contributed by atoms with E-state index in [4.69, 9.17) is 0 Å². The molecule has 4 heterocycles. The number of amides is 1. The van der Waals surface area contributed by atoms with Crippen molar-refractivity contribution >= 4 is 5.91 Å². The Morgan fingerprint density at radius 1 is 1.10 bits per heavy atom. The highest BCUT2D eigenvalue weighted by atomic mass is 16.2. The van der Waals surface area contributed by atoms with Crippen LogP contribution in [0.2, 0.25) is 0 Å². The lowest BCUT2D eigenvalue weighted by molar-refractivity contribution is 0.0772. The molecule has 5 rings (SSSR count). The molecule has 1 spiro atoms. The average molecular weight is 419 g/mol. The maximum atomic E-state index is 13.3. The van der Waals surface area contributed by atoms with Crippen LogP contribution in [0.1, 0.15) is 34.5 Å². The molecule has 1 amide bonds. The molecule has 0 bridgehead atoms. The van der Waals surface area contributed by atoms with E-state index in [1.165, 1.54) is 11.6 Å². The number of rotatable bonds is 4. The zero-order valence-corrected chi connectivity index (χ0v) is 17.6. The van der Waals surface area contributed by atoms with Gasteiger partial charge in [0, 0.05) is 37.7 Å². The first kappa shape index (κ1) is 19.7. The number of H-pyrrole nitrogens is 1. The summed E-state index contributed by atoms with van der Waals surface area (Å²) in [5, 5.41) is 10.8. The van der Waals surface area contributed by atoms with E-state index in [0.717, 1.165) is 51.3 Å². The average Bonchev–Trinajstić information content (AvgIpc) is 3.49. The Labute approximate surface area is 180 Å². The van der Waals surface area contributed by atoms with E-state index in [2.05, 4.69) is 44.5 Å². The van der Waals surface area contributed by atoms with Gasteiger partial charge in [-0.1, -0.05) is 30.3 Å². The second-order valence-electron chi connectivity index (χ2n) is 8.76. The zero-order valence-electron chi connectivity index (χ0n) is 17.6. The molecule has 8 heteroatoms. The van der Waals surface area contributed by atoms with Crippen molar-refractivity contribution in [3.05, 3.63) is 75.8 Å². The minimum atomic E-state index is -0.273. The molecule has 0 aliphatic carbocycles. The molecule has 1 atom stereocenters. The maximum absolute atomic E-state index is 13.3. The number of hydrogen-bond acceptors (Lipinski definition) is 5. The Hall–Kier alpha value is -3.26. The summed E-state index contributed by atoms with van der Waals surface area (Å²) in [5.41, 5.74) is 2.57. The molecule has 1 N–H and O–H groups in total. The maximum Gasteiger partial charge on any atom is 0.264 e. The monoisotopic (exact) mass is 418 g/mol. The van der Waals surface area contributed by atoms with Crippen LogP contribution in [0, 0.1) is 12.3 Å². The molecule has 1 unspecified atom stereocenters. The van der Waals surface area contributed by atoms with Gasteiger partial charge >= 0.3 is 0 Å². The predicted molar refractivity (Wildman–Crippen MR) is 116 cm³/mol. The van der Waals surface area contributed by atoms with Crippen LogP contribution in [0.15, 0.2) is 53.5 Å². The highest BCUT2D eigenvalue weighted by Gasteiger charge is 2.45. The van der Waals surface area contributed by atoms with Crippen molar-refractivity contribution in [3.63, 3.8) is 0 Å². The number of hydrogen-bond donors (Lipinski definition) is 1. The van der Waals surface area contributed by atoms with Gasteiger partial charge < -0.3 is 4.90 Å². The van der Waals surface area contributed by atoms with Crippen molar-refractivity contribution in [1.29, 1.82) is 0 Å². The summed E-state index contributed by atoms with van der Waals surface area (Å²) in [6, 6.07) is 13.6. The van der Waals surface area contributed by atoms with Crippen LogP contribution < -0.4 is 5.56 Å². The van der Waals surface area contributed by atoms with Crippen molar-refractivity contribution < 1.29 is 4.79 Å². The van der Waals surface area contributed by atoms with Crippen molar-refractivity contribution in [2.24, 2.45) is 5.41 Å². The fourth-order valence-corrected chi connectivity index (χ4v) is 4.92. The molecular formula is C23H26N6O2. The topological polar surface area (TPSA) is 87.1 Å². The highest BCUT2D eigenvalue weighted by molar-refractivity contribution is 5.95. The van der Waals surface area contributed by atoms with Gasteiger partial charge in [-0.15, -0.1) is 0 Å². The first-order valence-electron chi connectivity index (χ1n) is 10.7. The van der Waals surface area contributed by atoms with E-state index in [1.807, 2.05) is 17.9 Å². The number of aromatic amines is 1. The Bertz CT molecular complexity index is 1130. The SMILES string of the molecule is Cc1c(C(=O)N2CCC3(CCN(Cc4ccccc4)C3)C2)cnn1-c1ccc(=O)[nH]n1. The highest BCUT2D eigenvalue weighted by Crippen LogP contribution is 2.40. The number of nitrogens with zero attached hydrogens (tertiary/aromatic N) is 5. The van der Waals surface area contributed by atoms with Gasteiger partial charge in [0.25, 0.3) is 11.5 Å². The van der Waals surface area contributed by atoms with Crippen LogP contribution in [0.5, 0.6) is 0 Å². The molecular weight excluding hydrogens is 392 g/mol. The van der Waals surface area contributed by atoms with Crippen molar-refractivity contribution in [2.75, 3.05) is 26.2 Å². The molecule has 31 heavy (non-hydrogen) atoms. The molecule has 160 valence electrons. The van der Waals surface area contributed by atoms with E-state index in [1.54, 1.807) is 16.9 Å². The van der Waals surface area contributed by atoms with Crippen LogP contribution in [0.4, 0.5) is 0 Å². The number of benzene rings is 1. The standard InChI is InChI=1S/C23H26N6O2/c1-17-19(13-24-29(17)20-7-8-21(30)26-25-20)22(31)28-12-10-23(16-28)9-11-27(15-23)14-18-5-3-2-4-6-18/h2-8,13H,9-12,14-16H2,1H3,(H,26,30). The molecule has 0 radical (unpaired) electrons. The van der Waals surface area contributed by atoms with Gasteiger partial charge in [-0.05, 0) is 37.9 Å². The summed E-state index contributed by atoms with van der Waals surface area (Å²) in [7, 11) is 0. The smallest absolute Gasteiger partial charge is 0.264 e. The van der Waals surface area contributed by atoms with Gasteiger partial charge in [0.2, 0.25) is 0 Å². The minimum Gasteiger partial charge on any atom is -0.338 e. The first-order chi connectivity index (χ1) is 15.0. The van der Waals surface area contributed by atoms with Gasteiger partial charge in [0.05, 0.1) is 17.5 Å². The summed E-state index contributed by atoms with van der Waals surface area (Å²) in [5.74, 6) is 0.507. The number of likely N-dealkylation sites (tertiary alicyclic amines) is 2. The summed E-state index contributed by atoms with van der Waals surface area (Å²) in [4.78, 5) is 29.0. The third-order valence-electron chi connectivity index (χ3n) is 6.61. The van der Waals surface area contributed by atoms with Crippen LogP contribution in [-0.4, -0.2) is 61.9 Å². The van der Waals surface area contributed by atoms with Crippen LogP contribution in [0.25, 0.3) is 5.82 Å². The normalized spacial score (nSPS) is 21.3. The summed E-state index contributed by atoms with van der Waals surface area (Å²) >= 11 is 0. The summed E-state index contributed by atoms with van der Waals surface area (Å²) in [6.07, 6.45) is 3.77. The minimum absolute atomic E-state index is 0.0200. The van der Waals surface area contributed by atoms with Gasteiger partial charge in [-0.3, -0.25) is 14.5 Å². The van der Waals surface area contributed by atoms with Gasteiger partial charge in [-0.2, -0.15) is 10.2 Å². The molecule has 1 aromatic carbocycles. The van der Waals surface area contributed by atoms with Crippen molar-refractivity contribution in [1.82, 2.24) is 29.8 Å². The molecule has 2 aromatic heterocycles. The quantitative estimate of drug-likeness (QED) is 0.700. The number of nitrogens with one attached hydrogen (secondary N) is 1.